The van der Waals surface area contributed by atoms with Gasteiger partial charge in [-0.15, -0.1) is 0 Å². The number of Topliss-reactive ketones (excluding diaryl/α,β-unsaturated/α-hetero) is 1. The highest BCUT2D eigenvalue weighted by molar-refractivity contribution is 5.97. The first-order valence-corrected chi connectivity index (χ1v) is 31.9. The summed E-state index contributed by atoms with van der Waals surface area (Å²) in [6.07, 6.45) is 10.1. The van der Waals surface area contributed by atoms with Crippen LogP contribution in [-0.2, 0) is 67.3 Å². The van der Waals surface area contributed by atoms with Gasteiger partial charge in [-0.2, -0.15) is 0 Å². The summed E-state index contributed by atoms with van der Waals surface area (Å²) in [6, 6.07) is 58.0. The van der Waals surface area contributed by atoms with Gasteiger partial charge in [0.1, 0.15) is 12.6 Å². The Morgan fingerprint density at radius 3 is 1.19 bits per heavy atom. The third kappa shape index (κ3) is 18.5. The summed E-state index contributed by atoms with van der Waals surface area (Å²) in [4.78, 5) is 92.7. The number of fused-ring (bicyclic) bond motifs is 6. The maximum Gasteiger partial charge on any atom is 0.242 e. The molecule has 0 spiro atoms. The molecule has 0 fully saturated rings. The molecule has 0 aliphatic carbocycles. The predicted molar refractivity (Wildman–Crippen MR) is 378 cm³/mol. The monoisotopic (exact) mass is 1270 g/mol. The van der Waals surface area contributed by atoms with E-state index in [1.54, 1.807) is 0 Å². The van der Waals surface area contributed by atoms with Gasteiger partial charge in [0, 0.05) is 114 Å². The molecule has 4 heterocycles. The Hall–Kier alpha value is -11.4. The highest BCUT2D eigenvalue weighted by atomic mass is 16.2. The van der Waals surface area contributed by atoms with Crippen LogP contribution >= 0.6 is 0 Å². The summed E-state index contributed by atoms with van der Waals surface area (Å²) in [7, 11) is 0. The van der Waals surface area contributed by atoms with Crippen molar-refractivity contribution < 1.29 is 28.8 Å². The van der Waals surface area contributed by atoms with E-state index in [1.807, 2.05) is 207 Å². The molecule has 0 saturated heterocycles. The first-order valence-electron chi connectivity index (χ1n) is 31.9. The number of aromatic amines is 4. The molecule has 2 unspecified atom stereocenters. The number of amides is 5. The molecule has 0 aliphatic heterocycles. The van der Waals surface area contributed by atoms with Crippen molar-refractivity contribution in [2.45, 2.75) is 57.0 Å². The van der Waals surface area contributed by atoms with Crippen LogP contribution in [0.15, 0.2) is 212 Å². The lowest BCUT2D eigenvalue weighted by Crippen LogP contribution is -2.48. The van der Waals surface area contributed by atoms with Gasteiger partial charge < -0.3 is 69.0 Å². The Kier molecular flexibility index (Phi) is 23.3. The number of H-pyrrole nitrogens is 4. The van der Waals surface area contributed by atoms with Crippen LogP contribution in [-0.4, -0.2) is 119 Å². The summed E-state index contributed by atoms with van der Waals surface area (Å²) in [5.41, 5.74) is 26.2. The molecule has 0 radical (unpaired) electrons. The van der Waals surface area contributed by atoms with Crippen LogP contribution in [0.2, 0.25) is 0 Å². The maximum absolute atomic E-state index is 13.0. The van der Waals surface area contributed by atoms with E-state index in [1.165, 1.54) is 0 Å². The number of nitrogens with zero attached hydrogens (tertiary/aromatic N) is 1. The van der Waals surface area contributed by atoms with Gasteiger partial charge in [0.2, 0.25) is 29.5 Å². The second kappa shape index (κ2) is 33.3. The number of ketones is 1. The standard InChI is InChI=1S/C26H28N4O2.C25H25N5O2.C24H27N5O2/c27-13-6-14-28-26(32)24(15-20-17-29-23-12-4-3-11-22(20)23)30-25(31)16-19-9-5-8-18-7-1-2-10-21(18)19;26-25(27)29-15-23(31)22(12-18-14-28-21-11-4-3-10-20(18)21)30-24(32)13-17-8-5-7-16-6-1-2-9-19(16)17;30-23(13-17-15-28-21-7-3-1-5-19(17)21)26-11-9-25-10-12-27-24(31)14-18-16-29-22-8-4-2-6-20(18)22/h1-5,7-12,17,24,29H,6,13-16,27H2,(H,28,32)(H,30,31);1-11,14,22,28H,12-13,15H2,(H,30,32)(H4,26,27,29);1-8,15-16,25,28-29H,9-14H2,(H,26,30)(H,27,31). The molecule has 0 bridgehead atoms. The Balaban J connectivity index is 0.000000155. The van der Waals surface area contributed by atoms with E-state index in [2.05, 4.69) is 56.8 Å². The van der Waals surface area contributed by atoms with Crippen molar-refractivity contribution in [3.63, 3.8) is 0 Å². The van der Waals surface area contributed by atoms with Crippen LogP contribution in [0.5, 0.6) is 0 Å². The summed E-state index contributed by atoms with van der Waals surface area (Å²) in [6.45, 7) is 3.19. The van der Waals surface area contributed by atoms with Crippen LogP contribution in [0.25, 0.3) is 65.2 Å². The average molecular weight is 1270 g/mol. The molecular formula is C75H80N14O6. The topological polar surface area (TPSA) is 328 Å². The number of carbonyl (C=O) groups excluding carboxylic acids is 6. The van der Waals surface area contributed by atoms with Crippen molar-refractivity contribution in [2.24, 2.45) is 22.2 Å². The number of aliphatic imine (C=N–C) groups is 1. The Morgan fingerprint density at radius 1 is 0.379 bits per heavy atom. The van der Waals surface area contributed by atoms with E-state index in [9.17, 15) is 28.8 Å². The molecule has 8 aromatic carbocycles. The lowest BCUT2D eigenvalue weighted by Gasteiger charge is -2.19. The van der Waals surface area contributed by atoms with Crippen LogP contribution in [0.1, 0.15) is 39.8 Å². The first kappa shape index (κ1) is 66.6. The molecule has 12 aromatic rings. The molecule has 5 amide bonds. The molecular weight excluding hydrogens is 1190 g/mol. The van der Waals surface area contributed by atoms with E-state index in [-0.39, 0.29) is 60.7 Å². The zero-order valence-corrected chi connectivity index (χ0v) is 52.8. The number of rotatable bonds is 27. The normalized spacial score (nSPS) is 11.7. The highest BCUT2D eigenvalue weighted by Crippen LogP contribution is 2.25. The van der Waals surface area contributed by atoms with E-state index in [0.29, 0.717) is 71.4 Å². The molecule has 2 atom stereocenters. The Labute approximate surface area is 549 Å². The van der Waals surface area contributed by atoms with E-state index >= 15 is 0 Å². The van der Waals surface area contributed by atoms with Gasteiger partial charge in [0.15, 0.2) is 11.7 Å². The van der Waals surface area contributed by atoms with Gasteiger partial charge in [0.05, 0.1) is 31.7 Å². The van der Waals surface area contributed by atoms with E-state index < -0.39 is 12.1 Å². The van der Waals surface area contributed by atoms with Gasteiger partial charge in [-0.3, -0.25) is 28.8 Å². The zero-order chi connectivity index (χ0) is 66.3. The number of hydrogen-bond donors (Lipinski definition) is 13. The summed E-state index contributed by atoms with van der Waals surface area (Å²) in [5.74, 6) is -1.03. The number of guanidine groups is 1. The van der Waals surface area contributed by atoms with Crippen LogP contribution in [0.4, 0.5) is 0 Å². The number of para-hydroxylation sites is 4. The van der Waals surface area contributed by atoms with E-state index in [0.717, 1.165) is 98.5 Å². The lowest BCUT2D eigenvalue weighted by molar-refractivity contribution is -0.128. The predicted octanol–water partition coefficient (Wildman–Crippen LogP) is 7.75. The molecule has 20 heteroatoms. The molecule has 0 aliphatic rings. The van der Waals surface area contributed by atoms with Crippen molar-refractivity contribution in [1.82, 2.24) is 51.8 Å². The summed E-state index contributed by atoms with van der Waals surface area (Å²) in [5, 5.41) is 26.3. The van der Waals surface area contributed by atoms with Crippen molar-refractivity contribution in [1.29, 1.82) is 0 Å². The second-order valence-corrected chi connectivity index (χ2v) is 23.2. The average Bonchev–Trinajstić information content (AvgIpc) is 1.98. The van der Waals surface area contributed by atoms with Gasteiger partial charge in [0.25, 0.3) is 0 Å². The fourth-order valence-corrected chi connectivity index (χ4v) is 11.7. The summed E-state index contributed by atoms with van der Waals surface area (Å²) < 4.78 is 0. The Morgan fingerprint density at radius 2 is 0.747 bits per heavy atom. The third-order valence-corrected chi connectivity index (χ3v) is 16.4. The fraction of sp³-hybridized carbons (Fsp3) is 0.213. The minimum absolute atomic E-state index is 0.00131. The van der Waals surface area contributed by atoms with Crippen LogP contribution < -0.4 is 49.1 Å². The van der Waals surface area contributed by atoms with Gasteiger partial charge in [-0.1, -0.05) is 158 Å². The molecule has 4 aromatic heterocycles. The minimum atomic E-state index is -0.750. The number of benzene rings is 8. The van der Waals surface area contributed by atoms with Crippen molar-refractivity contribution >= 4 is 106 Å². The van der Waals surface area contributed by atoms with E-state index in [4.69, 9.17) is 17.2 Å². The third-order valence-electron chi connectivity index (χ3n) is 16.4. The van der Waals surface area contributed by atoms with Gasteiger partial charge in [-0.25, -0.2) is 4.99 Å². The molecule has 95 heavy (non-hydrogen) atoms. The molecule has 16 N–H and O–H groups in total. The molecule has 12 rings (SSSR count). The molecule has 20 nitrogen and oxygen atoms in total. The zero-order valence-electron chi connectivity index (χ0n) is 52.8. The van der Waals surface area contributed by atoms with Gasteiger partial charge >= 0.3 is 0 Å². The van der Waals surface area contributed by atoms with Crippen molar-refractivity contribution in [2.75, 3.05) is 45.8 Å². The van der Waals surface area contributed by atoms with Gasteiger partial charge in [-0.05, 0) is 92.2 Å². The number of nitrogens with two attached hydrogens (primary N) is 3. The van der Waals surface area contributed by atoms with Crippen molar-refractivity contribution in [3.05, 3.63) is 240 Å². The van der Waals surface area contributed by atoms with Crippen LogP contribution in [0.3, 0.4) is 0 Å². The molecule has 486 valence electrons. The smallest absolute Gasteiger partial charge is 0.242 e. The number of hydrogen-bond acceptors (Lipinski definition) is 9. The van der Waals surface area contributed by atoms with Crippen molar-refractivity contribution in [3.8, 4) is 0 Å². The minimum Gasteiger partial charge on any atom is -0.370 e. The number of aromatic nitrogens is 4. The fourth-order valence-electron chi connectivity index (χ4n) is 11.7. The largest absolute Gasteiger partial charge is 0.370 e. The summed E-state index contributed by atoms with van der Waals surface area (Å²) >= 11 is 0. The SMILES string of the molecule is NC(N)=NCC(=O)C(Cc1c[nH]c2ccccc12)NC(=O)Cc1cccc2ccccc12.NCCCNC(=O)C(Cc1c[nH]c2ccccc12)NC(=O)Cc1cccc2ccccc12.O=C(Cc1c[nH]c2ccccc12)NCCNCCNC(=O)Cc1c[nH]c2ccccc12. The molecule has 0 saturated carbocycles. The van der Waals surface area contributed by atoms with Crippen LogP contribution in [0, 0.1) is 0 Å². The Bertz CT molecular complexity index is 4530. The first-order chi connectivity index (χ1) is 46.4. The highest BCUT2D eigenvalue weighted by Gasteiger charge is 2.25. The number of carbonyl (C=O) groups is 6. The number of nitrogens with one attached hydrogen (secondary N) is 10. The lowest BCUT2D eigenvalue weighted by atomic mass is 9.99. The maximum atomic E-state index is 13.0. The quantitative estimate of drug-likeness (QED) is 0.0135. The second-order valence-electron chi connectivity index (χ2n) is 23.2.